The third kappa shape index (κ3) is 5.25. The second-order valence-electron chi connectivity index (χ2n) is 6.54. The molecule has 0 aliphatic rings. The zero-order chi connectivity index (χ0) is 20.2. The first-order valence-corrected chi connectivity index (χ1v) is 9.72. The van der Waals surface area contributed by atoms with Crippen LogP contribution in [0.3, 0.4) is 0 Å². The molecule has 0 radical (unpaired) electrons. The minimum absolute atomic E-state index is 0.0525. The van der Waals surface area contributed by atoms with Crippen LogP contribution < -0.4 is 4.31 Å². The summed E-state index contributed by atoms with van der Waals surface area (Å²) in [5.41, 5.74) is 0.810. The van der Waals surface area contributed by atoms with Gasteiger partial charge in [0.1, 0.15) is 0 Å². The van der Waals surface area contributed by atoms with Crippen molar-refractivity contribution in [2.75, 3.05) is 31.5 Å². The molecule has 1 atom stereocenters. The number of sulfonamides is 1. The molecule has 9 heteroatoms. The van der Waals surface area contributed by atoms with Gasteiger partial charge < -0.3 is 10.0 Å². The molecule has 0 aromatic heterocycles. The van der Waals surface area contributed by atoms with E-state index in [-0.39, 0.29) is 29.4 Å². The second kappa shape index (κ2) is 8.47. The van der Waals surface area contributed by atoms with E-state index in [1.165, 1.54) is 36.4 Å². The number of hydrogen-bond donors (Lipinski definition) is 1. The summed E-state index contributed by atoms with van der Waals surface area (Å²) < 4.78 is 27.4. The number of benzene rings is 2. The van der Waals surface area contributed by atoms with Crippen LogP contribution in [0.2, 0.25) is 0 Å². The van der Waals surface area contributed by atoms with E-state index in [0.29, 0.717) is 0 Å². The van der Waals surface area contributed by atoms with Crippen molar-refractivity contribution >= 4 is 21.4 Å². The van der Waals surface area contributed by atoms with E-state index in [9.17, 15) is 23.6 Å². The van der Waals surface area contributed by atoms with Gasteiger partial charge in [-0.25, -0.2) is 8.42 Å². The summed E-state index contributed by atoms with van der Waals surface area (Å²) in [4.78, 5) is 12.3. The summed E-state index contributed by atoms with van der Waals surface area (Å²) in [7, 11) is -0.493. The summed E-state index contributed by atoms with van der Waals surface area (Å²) >= 11 is 0. The number of aliphatic hydroxyl groups is 1. The SMILES string of the molecule is Cc1ccc(S(=O)(=O)N(C[C@H](O)CN(C)C)c2cccc([N+](=O)[O-])c2)cc1. The van der Waals surface area contributed by atoms with Gasteiger partial charge in [-0.2, -0.15) is 0 Å². The quantitative estimate of drug-likeness (QED) is 0.544. The molecule has 0 aliphatic heterocycles. The van der Waals surface area contributed by atoms with Crippen LogP contribution in [0.25, 0.3) is 0 Å². The Balaban J connectivity index is 2.50. The molecular weight excluding hydrogens is 370 g/mol. The second-order valence-corrected chi connectivity index (χ2v) is 8.40. The van der Waals surface area contributed by atoms with Crippen LogP contribution in [0.4, 0.5) is 11.4 Å². The molecule has 27 heavy (non-hydrogen) atoms. The summed E-state index contributed by atoms with van der Waals surface area (Å²) in [6, 6.07) is 11.7. The first kappa shape index (κ1) is 20.8. The molecule has 0 fully saturated rings. The molecule has 2 aromatic rings. The molecule has 1 N–H and O–H groups in total. The number of nitrogens with zero attached hydrogens (tertiary/aromatic N) is 3. The Morgan fingerprint density at radius 2 is 1.74 bits per heavy atom. The van der Waals surface area contributed by atoms with Crippen molar-refractivity contribution in [2.45, 2.75) is 17.9 Å². The smallest absolute Gasteiger partial charge is 0.271 e. The Hall–Kier alpha value is -2.49. The number of aryl methyl sites for hydroxylation is 1. The monoisotopic (exact) mass is 393 g/mol. The van der Waals surface area contributed by atoms with Gasteiger partial charge in [0.05, 0.1) is 28.2 Å². The first-order valence-electron chi connectivity index (χ1n) is 8.28. The molecule has 0 amide bonds. The third-order valence-corrected chi connectivity index (χ3v) is 5.70. The maximum atomic E-state index is 13.2. The standard InChI is InChI=1S/C18H23N3O5S/c1-14-7-9-18(10-8-14)27(25,26)20(13-17(22)12-19(2)3)15-5-4-6-16(11-15)21(23)24/h4-11,17,22H,12-13H2,1-3H3/t17-/m1/s1. The van der Waals surface area contributed by atoms with E-state index in [1.54, 1.807) is 31.1 Å². The number of anilines is 1. The van der Waals surface area contributed by atoms with E-state index in [2.05, 4.69) is 0 Å². The van der Waals surface area contributed by atoms with Crippen molar-refractivity contribution in [3.05, 3.63) is 64.2 Å². The largest absolute Gasteiger partial charge is 0.390 e. The molecule has 0 heterocycles. The molecule has 0 aliphatic carbocycles. The molecule has 2 aromatic carbocycles. The minimum atomic E-state index is -4.01. The summed E-state index contributed by atoms with van der Waals surface area (Å²) in [6.45, 7) is 1.86. The van der Waals surface area contributed by atoms with Crippen LogP contribution in [0.5, 0.6) is 0 Å². The molecule has 8 nitrogen and oxygen atoms in total. The van der Waals surface area contributed by atoms with Crippen molar-refractivity contribution in [2.24, 2.45) is 0 Å². The van der Waals surface area contributed by atoms with E-state index < -0.39 is 21.1 Å². The number of rotatable bonds is 8. The molecule has 0 bridgehead atoms. The Labute approximate surface area is 158 Å². The fraction of sp³-hybridized carbons (Fsp3) is 0.333. The van der Waals surface area contributed by atoms with Gasteiger partial charge in [0.25, 0.3) is 15.7 Å². The Morgan fingerprint density at radius 1 is 1.11 bits per heavy atom. The van der Waals surface area contributed by atoms with Crippen molar-refractivity contribution in [1.29, 1.82) is 0 Å². The highest BCUT2D eigenvalue weighted by molar-refractivity contribution is 7.92. The zero-order valence-corrected chi connectivity index (χ0v) is 16.3. The Kier molecular flexibility index (Phi) is 6.53. The van der Waals surface area contributed by atoms with Crippen molar-refractivity contribution < 1.29 is 18.4 Å². The lowest BCUT2D eigenvalue weighted by Gasteiger charge is -2.28. The summed E-state index contributed by atoms with van der Waals surface area (Å²) in [5.74, 6) is 0. The van der Waals surface area contributed by atoms with Crippen LogP contribution in [0, 0.1) is 17.0 Å². The topological polar surface area (TPSA) is 104 Å². The lowest BCUT2D eigenvalue weighted by atomic mass is 10.2. The van der Waals surface area contributed by atoms with Crippen LogP contribution >= 0.6 is 0 Å². The summed E-state index contributed by atoms with van der Waals surface area (Å²) in [5, 5.41) is 21.4. The van der Waals surface area contributed by atoms with E-state index in [0.717, 1.165) is 9.87 Å². The summed E-state index contributed by atoms with van der Waals surface area (Å²) in [6.07, 6.45) is -0.973. The molecular formula is C18H23N3O5S. The highest BCUT2D eigenvalue weighted by Gasteiger charge is 2.28. The molecule has 0 unspecified atom stereocenters. The van der Waals surface area contributed by atoms with Crippen LogP contribution in [-0.4, -0.2) is 56.6 Å². The van der Waals surface area contributed by atoms with Crippen LogP contribution in [-0.2, 0) is 10.0 Å². The zero-order valence-electron chi connectivity index (χ0n) is 15.4. The first-order chi connectivity index (χ1) is 12.6. The van der Waals surface area contributed by atoms with Gasteiger partial charge in [0.2, 0.25) is 0 Å². The normalized spacial score (nSPS) is 12.8. The Morgan fingerprint density at radius 3 is 2.30 bits per heavy atom. The van der Waals surface area contributed by atoms with Gasteiger partial charge in [-0.1, -0.05) is 23.8 Å². The number of nitro benzene ring substituents is 1. The van der Waals surface area contributed by atoms with Gasteiger partial charge >= 0.3 is 0 Å². The number of likely N-dealkylation sites (N-methyl/N-ethyl adjacent to an activating group) is 1. The van der Waals surface area contributed by atoms with Gasteiger partial charge in [-0.15, -0.1) is 0 Å². The number of hydrogen-bond acceptors (Lipinski definition) is 6. The number of aliphatic hydroxyl groups excluding tert-OH is 1. The number of nitro groups is 1. The molecule has 146 valence electrons. The van der Waals surface area contributed by atoms with Crippen LogP contribution in [0.1, 0.15) is 5.56 Å². The van der Waals surface area contributed by atoms with Gasteiger partial charge in [-0.05, 0) is 39.2 Å². The maximum absolute atomic E-state index is 13.2. The third-order valence-electron chi connectivity index (χ3n) is 3.89. The average molecular weight is 393 g/mol. The van der Waals surface area contributed by atoms with Gasteiger partial charge in [-0.3, -0.25) is 14.4 Å². The lowest BCUT2D eigenvalue weighted by molar-refractivity contribution is -0.384. The Bertz CT molecular complexity index is 897. The van der Waals surface area contributed by atoms with E-state index in [1.807, 2.05) is 6.92 Å². The fourth-order valence-corrected chi connectivity index (χ4v) is 4.11. The van der Waals surface area contributed by atoms with Crippen molar-refractivity contribution in [3.63, 3.8) is 0 Å². The average Bonchev–Trinajstić information content (AvgIpc) is 2.59. The highest BCUT2D eigenvalue weighted by Crippen LogP contribution is 2.27. The maximum Gasteiger partial charge on any atom is 0.271 e. The molecule has 2 rings (SSSR count). The van der Waals surface area contributed by atoms with Gasteiger partial charge in [0, 0.05) is 18.7 Å². The molecule has 0 saturated carbocycles. The minimum Gasteiger partial charge on any atom is -0.390 e. The van der Waals surface area contributed by atoms with E-state index >= 15 is 0 Å². The van der Waals surface area contributed by atoms with Gasteiger partial charge in [0.15, 0.2) is 0 Å². The number of non-ortho nitro benzene ring substituents is 1. The fourth-order valence-electron chi connectivity index (χ4n) is 2.61. The lowest BCUT2D eigenvalue weighted by Crippen LogP contribution is -2.41. The van der Waals surface area contributed by atoms with E-state index in [4.69, 9.17) is 0 Å². The van der Waals surface area contributed by atoms with Crippen molar-refractivity contribution in [1.82, 2.24) is 4.90 Å². The van der Waals surface area contributed by atoms with Crippen LogP contribution in [0.15, 0.2) is 53.4 Å². The highest BCUT2D eigenvalue weighted by atomic mass is 32.2. The molecule has 0 saturated heterocycles. The predicted molar refractivity (Wildman–Crippen MR) is 103 cm³/mol. The van der Waals surface area contributed by atoms with Crippen molar-refractivity contribution in [3.8, 4) is 0 Å². The predicted octanol–water partition coefficient (Wildman–Crippen LogP) is 2.02. The molecule has 0 spiro atoms.